The van der Waals surface area contributed by atoms with E-state index in [-0.39, 0.29) is 0 Å². The summed E-state index contributed by atoms with van der Waals surface area (Å²) in [5, 5.41) is 2.97. The molecule has 3 N–H and O–H groups in total. The van der Waals surface area contributed by atoms with Crippen molar-refractivity contribution in [2.45, 2.75) is 0 Å². The molecule has 0 bridgehead atoms. The van der Waals surface area contributed by atoms with E-state index in [9.17, 15) is 4.21 Å². The van der Waals surface area contributed by atoms with Crippen LogP contribution in [0.25, 0.3) is 0 Å². The highest BCUT2D eigenvalue weighted by Gasteiger charge is 1.95. The summed E-state index contributed by atoms with van der Waals surface area (Å²) in [7, 11) is -0.787. The van der Waals surface area contributed by atoms with Gasteiger partial charge in [-0.3, -0.25) is 9.19 Å². The first kappa shape index (κ1) is 9.91. The van der Waals surface area contributed by atoms with Crippen LogP contribution in [0.4, 0.5) is 11.6 Å². The average Bonchev–Trinajstić information content (AvgIpc) is 2.03. The first-order valence-electron chi connectivity index (χ1n) is 3.80. The standard InChI is InChI=1S/C7H12N4OS/c1-13(12)3-2-10-7-5-9-4-6(8)11-7/h4-5H,2-3H2,1H3,(H3,8,10,11). The molecule has 1 rings (SSSR count). The van der Waals surface area contributed by atoms with E-state index in [0.717, 1.165) is 0 Å². The minimum Gasteiger partial charge on any atom is -0.382 e. The molecule has 0 aliphatic rings. The Hall–Kier alpha value is -1.17. The number of anilines is 2. The molecule has 0 radical (unpaired) electrons. The first-order valence-corrected chi connectivity index (χ1v) is 5.52. The summed E-state index contributed by atoms with van der Waals surface area (Å²) in [5.74, 6) is 1.59. The van der Waals surface area contributed by atoms with Crippen molar-refractivity contribution in [1.82, 2.24) is 9.97 Å². The summed E-state index contributed by atoms with van der Waals surface area (Å²) >= 11 is 0. The van der Waals surface area contributed by atoms with E-state index < -0.39 is 10.8 Å². The van der Waals surface area contributed by atoms with Crippen LogP contribution < -0.4 is 11.1 Å². The third-order valence-corrected chi connectivity index (χ3v) is 2.13. The van der Waals surface area contributed by atoms with Crippen LogP contribution in [-0.2, 0) is 10.8 Å². The zero-order valence-corrected chi connectivity index (χ0v) is 8.17. The predicted octanol–water partition coefficient (Wildman–Crippen LogP) is -0.151. The fraction of sp³-hybridized carbons (Fsp3) is 0.429. The van der Waals surface area contributed by atoms with Gasteiger partial charge in [0.05, 0.1) is 12.4 Å². The topological polar surface area (TPSA) is 80.9 Å². The molecule has 0 saturated carbocycles. The Morgan fingerprint density at radius 1 is 1.62 bits per heavy atom. The molecule has 1 heterocycles. The lowest BCUT2D eigenvalue weighted by Crippen LogP contribution is -2.11. The van der Waals surface area contributed by atoms with Gasteiger partial charge in [0.15, 0.2) is 0 Å². The maximum absolute atomic E-state index is 10.7. The highest BCUT2D eigenvalue weighted by Crippen LogP contribution is 2.01. The molecule has 72 valence electrons. The lowest BCUT2D eigenvalue weighted by Gasteiger charge is -2.03. The SMILES string of the molecule is CS(=O)CCNc1cncc(N)n1. The van der Waals surface area contributed by atoms with Crippen LogP contribution in [0, 0.1) is 0 Å². The molecule has 1 unspecified atom stereocenters. The van der Waals surface area contributed by atoms with Crippen molar-refractivity contribution < 1.29 is 4.21 Å². The second kappa shape index (κ2) is 4.76. The third-order valence-electron chi connectivity index (χ3n) is 1.35. The Morgan fingerprint density at radius 2 is 2.38 bits per heavy atom. The van der Waals surface area contributed by atoms with E-state index in [1.54, 1.807) is 12.5 Å². The average molecular weight is 200 g/mol. The van der Waals surface area contributed by atoms with Crippen LogP contribution in [0.1, 0.15) is 0 Å². The van der Waals surface area contributed by atoms with Crippen LogP contribution in [0.2, 0.25) is 0 Å². The Labute approximate surface area is 79.2 Å². The summed E-state index contributed by atoms with van der Waals surface area (Å²) in [6, 6.07) is 0. The van der Waals surface area contributed by atoms with Crippen LogP contribution in [0.5, 0.6) is 0 Å². The summed E-state index contributed by atoms with van der Waals surface area (Å²) < 4.78 is 10.7. The molecule has 6 heteroatoms. The Kier molecular flexibility index (Phi) is 3.63. The minimum atomic E-state index is -0.787. The smallest absolute Gasteiger partial charge is 0.146 e. The first-order chi connectivity index (χ1) is 6.18. The van der Waals surface area contributed by atoms with E-state index in [1.165, 1.54) is 6.20 Å². The molecule has 1 atom stereocenters. The van der Waals surface area contributed by atoms with Crippen LogP contribution >= 0.6 is 0 Å². The molecule has 1 aromatic heterocycles. The number of hydrogen-bond donors (Lipinski definition) is 2. The molecule has 0 aliphatic carbocycles. The van der Waals surface area contributed by atoms with E-state index in [4.69, 9.17) is 5.73 Å². The monoisotopic (exact) mass is 200 g/mol. The van der Waals surface area contributed by atoms with E-state index >= 15 is 0 Å². The predicted molar refractivity (Wildman–Crippen MR) is 53.9 cm³/mol. The van der Waals surface area contributed by atoms with Crippen LogP contribution in [-0.4, -0.2) is 32.7 Å². The lowest BCUT2D eigenvalue weighted by molar-refractivity contribution is 0.687. The fourth-order valence-electron chi connectivity index (χ4n) is 0.789. The molecular formula is C7H12N4OS. The third kappa shape index (κ3) is 3.84. The molecule has 0 aromatic carbocycles. The van der Waals surface area contributed by atoms with Crippen LogP contribution in [0.15, 0.2) is 12.4 Å². The highest BCUT2D eigenvalue weighted by molar-refractivity contribution is 7.84. The second-order valence-electron chi connectivity index (χ2n) is 2.53. The number of aromatic nitrogens is 2. The Balaban J connectivity index is 2.41. The van der Waals surface area contributed by atoms with E-state index in [2.05, 4.69) is 15.3 Å². The van der Waals surface area contributed by atoms with Crippen molar-refractivity contribution in [1.29, 1.82) is 0 Å². The van der Waals surface area contributed by atoms with Crippen molar-refractivity contribution in [3.63, 3.8) is 0 Å². The molecule has 0 aliphatic heterocycles. The molecule has 0 fully saturated rings. The molecule has 5 nitrogen and oxygen atoms in total. The molecule has 0 amide bonds. The minimum absolute atomic E-state index is 0.377. The largest absolute Gasteiger partial charge is 0.382 e. The van der Waals surface area contributed by atoms with Crippen molar-refractivity contribution in [3.05, 3.63) is 12.4 Å². The quantitative estimate of drug-likeness (QED) is 0.706. The number of hydrogen-bond acceptors (Lipinski definition) is 5. The van der Waals surface area contributed by atoms with Gasteiger partial charge < -0.3 is 11.1 Å². The number of nitrogens with two attached hydrogens (primary N) is 1. The Bertz CT molecular complexity index is 304. The van der Waals surface area contributed by atoms with Gasteiger partial charge in [-0.05, 0) is 0 Å². The zero-order valence-electron chi connectivity index (χ0n) is 7.36. The number of nitrogen functional groups attached to an aromatic ring is 1. The lowest BCUT2D eigenvalue weighted by atomic mass is 10.6. The summed E-state index contributed by atoms with van der Waals surface area (Å²) in [4.78, 5) is 7.83. The van der Waals surface area contributed by atoms with Gasteiger partial charge >= 0.3 is 0 Å². The van der Waals surface area contributed by atoms with Gasteiger partial charge in [0.25, 0.3) is 0 Å². The molecule has 13 heavy (non-hydrogen) atoms. The van der Waals surface area contributed by atoms with Gasteiger partial charge in [-0.2, -0.15) is 0 Å². The molecular weight excluding hydrogens is 188 g/mol. The van der Waals surface area contributed by atoms with Crippen LogP contribution in [0.3, 0.4) is 0 Å². The van der Waals surface area contributed by atoms with E-state index in [1.807, 2.05) is 0 Å². The van der Waals surface area contributed by atoms with Crippen molar-refractivity contribution in [2.75, 3.05) is 29.6 Å². The fourth-order valence-corrected chi connectivity index (χ4v) is 1.18. The summed E-state index contributed by atoms with van der Waals surface area (Å²) in [6.07, 6.45) is 4.71. The molecule has 0 saturated heterocycles. The van der Waals surface area contributed by atoms with Gasteiger partial charge in [0.1, 0.15) is 11.6 Å². The van der Waals surface area contributed by atoms with Gasteiger partial charge in [0, 0.05) is 29.4 Å². The second-order valence-corrected chi connectivity index (χ2v) is 4.09. The van der Waals surface area contributed by atoms with Gasteiger partial charge in [0.2, 0.25) is 0 Å². The van der Waals surface area contributed by atoms with Crippen molar-refractivity contribution in [2.24, 2.45) is 0 Å². The van der Waals surface area contributed by atoms with Gasteiger partial charge in [-0.1, -0.05) is 0 Å². The van der Waals surface area contributed by atoms with Crippen molar-refractivity contribution in [3.8, 4) is 0 Å². The Morgan fingerprint density at radius 3 is 3.00 bits per heavy atom. The highest BCUT2D eigenvalue weighted by atomic mass is 32.2. The summed E-state index contributed by atoms with van der Waals surface area (Å²) in [6.45, 7) is 0.612. The molecule has 1 aromatic rings. The van der Waals surface area contributed by atoms with Gasteiger partial charge in [-0.25, -0.2) is 4.98 Å². The zero-order chi connectivity index (χ0) is 9.68. The summed E-state index contributed by atoms with van der Waals surface area (Å²) in [5.41, 5.74) is 5.42. The number of nitrogens with one attached hydrogen (secondary N) is 1. The normalized spacial score (nSPS) is 12.4. The number of rotatable bonds is 4. The maximum atomic E-state index is 10.7. The molecule has 0 spiro atoms. The van der Waals surface area contributed by atoms with Gasteiger partial charge in [-0.15, -0.1) is 0 Å². The van der Waals surface area contributed by atoms with E-state index in [0.29, 0.717) is 23.9 Å². The maximum Gasteiger partial charge on any atom is 0.146 e. The van der Waals surface area contributed by atoms with Crippen molar-refractivity contribution >= 4 is 22.4 Å². The number of nitrogens with zero attached hydrogens (tertiary/aromatic N) is 2.